The van der Waals surface area contributed by atoms with Crippen LogP contribution in [-0.4, -0.2) is 70.8 Å². The maximum atomic E-state index is 13.0. The van der Waals surface area contributed by atoms with Crippen molar-refractivity contribution < 1.29 is 37.4 Å². The maximum absolute atomic E-state index is 13.0. The maximum Gasteiger partial charge on any atom is 0.410 e. The van der Waals surface area contributed by atoms with Crippen LogP contribution in [0, 0.1) is 5.92 Å². The number of hydrogen-bond donors (Lipinski definition) is 1. The van der Waals surface area contributed by atoms with Gasteiger partial charge in [0, 0.05) is 31.7 Å². The van der Waals surface area contributed by atoms with Gasteiger partial charge in [-0.05, 0) is 76.1 Å². The van der Waals surface area contributed by atoms with Gasteiger partial charge in [-0.1, -0.05) is 0 Å². The fourth-order valence-corrected chi connectivity index (χ4v) is 4.45. The summed E-state index contributed by atoms with van der Waals surface area (Å²) in [5, 5.41) is 9.55. The number of aromatic carboxylic acids is 1. The van der Waals surface area contributed by atoms with Crippen LogP contribution in [0.5, 0.6) is 0 Å². The number of ether oxygens (including phenoxy) is 1. The van der Waals surface area contributed by atoms with E-state index in [9.17, 15) is 32.7 Å². The zero-order valence-corrected chi connectivity index (χ0v) is 19.7. The van der Waals surface area contributed by atoms with E-state index in [1.807, 2.05) is 0 Å². The Morgan fingerprint density at radius 2 is 1.41 bits per heavy atom. The van der Waals surface area contributed by atoms with Crippen molar-refractivity contribution in [3.63, 3.8) is 0 Å². The Morgan fingerprint density at radius 1 is 0.882 bits per heavy atom. The molecule has 1 N–H and O–H groups in total. The molecule has 7 nitrogen and oxygen atoms in total. The number of likely N-dealkylation sites (tertiary alicyclic amines) is 2. The first-order chi connectivity index (χ1) is 15.7. The van der Waals surface area contributed by atoms with Crippen LogP contribution in [-0.2, 0) is 4.74 Å². The van der Waals surface area contributed by atoms with Crippen LogP contribution in [0.2, 0.25) is 0 Å². The summed E-state index contributed by atoms with van der Waals surface area (Å²) >= 11 is 0. The Bertz CT molecular complexity index is 926. The molecule has 10 heteroatoms. The number of amides is 2. The molecular formula is C24H31F3N2O5. The molecule has 2 saturated heterocycles. The summed E-state index contributed by atoms with van der Waals surface area (Å²) in [5.74, 6) is -3.12. The number of rotatable bonds is 3. The van der Waals surface area contributed by atoms with Gasteiger partial charge in [0.25, 0.3) is 5.91 Å². The van der Waals surface area contributed by atoms with Crippen molar-refractivity contribution in [2.75, 3.05) is 26.2 Å². The largest absolute Gasteiger partial charge is 0.478 e. The Kier molecular flexibility index (Phi) is 7.47. The van der Waals surface area contributed by atoms with Gasteiger partial charge < -0.3 is 19.6 Å². The zero-order valence-electron chi connectivity index (χ0n) is 19.7. The van der Waals surface area contributed by atoms with Crippen molar-refractivity contribution in [2.24, 2.45) is 5.92 Å². The van der Waals surface area contributed by atoms with Gasteiger partial charge in [-0.15, -0.1) is 0 Å². The van der Waals surface area contributed by atoms with Crippen molar-refractivity contribution >= 4 is 18.0 Å². The smallest absolute Gasteiger partial charge is 0.410 e. The highest BCUT2D eigenvalue weighted by atomic mass is 19.4. The first-order valence-corrected chi connectivity index (χ1v) is 11.5. The second-order valence-electron chi connectivity index (χ2n) is 10.00. The van der Waals surface area contributed by atoms with Crippen molar-refractivity contribution in [1.82, 2.24) is 9.80 Å². The van der Waals surface area contributed by atoms with Crippen molar-refractivity contribution in [3.05, 3.63) is 34.9 Å². The second-order valence-corrected chi connectivity index (χ2v) is 10.00. The SMILES string of the molecule is CC(C)(C)OC(=O)N1CCC(c2cc(C(=O)O)cc(C(=O)N3CCC(C(F)(F)F)CC3)c2)CC1. The third-order valence-corrected chi connectivity index (χ3v) is 6.31. The summed E-state index contributed by atoms with van der Waals surface area (Å²) in [7, 11) is 0. The minimum atomic E-state index is -4.28. The minimum absolute atomic E-state index is 0.0239. The number of hydrogen-bond acceptors (Lipinski definition) is 4. The predicted molar refractivity (Wildman–Crippen MR) is 118 cm³/mol. The normalized spacial score (nSPS) is 18.6. The number of nitrogens with zero attached hydrogens (tertiary/aromatic N) is 2. The van der Waals surface area contributed by atoms with E-state index >= 15 is 0 Å². The first-order valence-electron chi connectivity index (χ1n) is 11.5. The molecule has 0 spiro atoms. The molecule has 2 amide bonds. The molecule has 2 aliphatic rings. The third-order valence-electron chi connectivity index (χ3n) is 6.31. The Labute approximate surface area is 196 Å². The summed E-state index contributed by atoms with van der Waals surface area (Å²) < 4.78 is 44.3. The third kappa shape index (κ3) is 6.42. The van der Waals surface area contributed by atoms with Crippen LogP contribution >= 0.6 is 0 Å². The van der Waals surface area contributed by atoms with E-state index in [0.29, 0.717) is 31.5 Å². The van der Waals surface area contributed by atoms with Crippen molar-refractivity contribution in [2.45, 2.75) is 64.1 Å². The summed E-state index contributed by atoms with van der Waals surface area (Å²) in [6.07, 6.45) is -3.85. The molecule has 34 heavy (non-hydrogen) atoms. The van der Waals surface area contributed by atoms with E-state index in [2.05, 4.69) is 0 Å². The van der Waals surface area contributed by atoms with Gasteiger partial charge in [0.05, 0.1) is 11.5 Å². The molecule has 2 aliphatic heterocycles. The molecule has 0 atom stereocenters. The number of halogens is 3. The molecule has 3 rings (SSSR count). The average molecular weight is 485 g/mol. The monoisotopic (exact) mass is 484 g/mol. The quantitative estimate of drug-likeness (QED) is 0.659. The fourth-order valence-electron chi connectivity index (χ4n) is 4.45. The fraction of sp³-hybridized carbons (Fsp3) is 0.625. The zero-order chi connectivity index (χ0) is 25.3. The highest BCUT2D eigenvalue weighted by Crippen LogP contribution is 2.35. The van der Waals surface area contributed by atoms with Crippen molar-refractivity contribution in [3.8, 4) is 0 Å². The highest BCUT2D eigenvalue weighted by molar-refractivity contribution is 5.98. The molecular weight excluding hydrogens is 453 g/mol. The van der Waals surface area contributed by atoms with E-state index in [1.54, 1.807) is 31.7 Å². The summed E-state index contributed by atoms with van der Waals surface area (Å²) in [4.78, 5) is 40.0. The lowest BCUT2D eigenvalue weighted by Crippen LogP contribution is -2.42. The first kappa shape index (κ1) is 25.8. The van der Waals surface area contributed by atoms with Crippen LogP contribution in [0.1, 0.15) is 78.7 Å². The number of carbonyl (C=O) groups is 3. The van der Waals surface area contributed by atoms with Gasteiger partial charge in [0.1, 0.15) is 5.60 Å². The van der Waals surface area contributed by atoms with Gasteiger partial charge in [-0.2, -0.15) is 13.2 Å². The topological polar surface area (TPSA) is 87.1 Å². The number of carbonyl (C=O) groups excluding carboxylic acids is 2. The summed E-state index contributed by atoms with van der Waals surface area (Å²) in [6.45, 7) is 6.20. The molecule has 1 aromatic rings. The summed E-state index contributed by atoms with van der Waals surface area (Å²) in [6, 6.07) is 4.45. The molecule has 2 heterocycles. The lowest BCUT2D eigenvalue weighted by molar-refractivity contribution is -0.183. The molecule has 2 fully saturated rings. The number of carboxylic acid groups (broad SMARTS) is 1. The molecule has 0 radical (unpaired) electrons. The molecule has 0 unspecified atom stereocenters. The van der Waals surface area contributed by atoms with Crippen molar-refractivity contribution in [1.29, 1.82) is 0 Å². The molecule has 0 saturated carbocycles. The molecule has 0 aliphatic carbocycles. The molecule has 0 aromatic heterocycles. The van der Waals surface area contributed by atoms with Crippen LogP contribution < -0.4 is 0 Å². The van der Waals surface area contributed by atoms with E-state index in [4.69, 9.17) is 4.74 Å². The van der Waals surface area contributed by atoms with Gasteiger partial charge in [0.15, 0.2) is 0 Å². The second kappa shape index (κ2) is 9.84. The van der Waals surface area contributed by atoms with E-state index in [0.717, 1.165) is 0 Å². The van der Waals surface area contributed by atoms with Gasteiger partial charge in [0.2, 0.25) is 0 Å². The number of piperidine rings is 2. The number of alkyl halides is 3. The van der Waals surface area contributed by atoms with Crippen LogP contribution in [0.15, 0.2) is 18.2 Å². The van der Waals surface area contributed by atoms with Crippen LogP contribution in [0.3, 0.4) is 0 Å². The van der Waals surface area contributed by atoms with E-state index in [-0.39, 0.29) is 43.0 Å². The molecule has 1 aromatic carbocycles. The predicted octanol–water partition coefficient (Wildman–Crippen LogP) is 4.91. The van der Waals surface area contributed by atoms with Gasteiger partial charge in [-0.25, -0.2) is 9.59 Å². The Balaban J connectivity index is 1.72. The van der Waals surface area contributed by atoms with E-state index < -0.39 is 35.7 Å². The standard InChI is InChI=1S/C24H31F3N2O5/c1-23(2,3)34-22(33)29-8-4-15(5-9-29)16-12-17(14-18(13-16)21(31)32)20(30)28-10-6-19(7-11-28)24(25,26)27/h12-15,19H,4-11H2,1-3H3,(H,31,32). The average Bonchev–Trinajstić information content (AvgIpc) is 2.76. The Hall–Kier alpha value is -2.78. The molecule has 0 bridgehead atoms. The van der Waals surface area contributed by atoms with Gasteiger partial charge >= 0.3 is 18.2 Å². The Morgan fingerprint density at radius 3 is 1.91 bits per heavy atom. The number of benzene rings is 1. The molecule has 188 valence electrons. The lowest BCUT2D eigenvalue weighted by Gasteiger charge is -2.34. The van der Waals surface area contributed by atoms with Crippen LogP contribution in [0.25, 0.3) is 0 Å². The summed E-state index contributed by atoms with van der Waals surface area (Å²) in [5.41, 5.74) is 0.195. The highest BCUT2D eigenvalue weighted by Gasteiger charge is 2.42. The number of carboxylic acids is 1. The van der Waals surface area contributed by atoms with Gasteiger partial charge in [-0.3, -0.25) is 4.79 Å². The van der Waals surface area contributed by atoms with E-state index in [1.165, 1.54) is 17.0 Å². The minimum Gasteiger partial charge on any atom is -0.478 e. The van der Waals surface area contributed by atoms with Crippen LogP contribution in [0.4, 0.5) is 18.0 Å². The lowest BCUT2D eigenvalue weighted by atomic mass is 9.87.